The number of ether oxygens (including phenoxy) is 2. The Kier molecular flexibility index (Phi) is 9.76. The minimum absolute atomic E-state index is 0.00155. The number of nitriles is 1. The molecule has 0 aliphatic heterocycles. The van der Waals surface area contributed by atoms with Crippen LogP contribution < -0.4 is 10.1 Å². The SMILES string of the molecule is CCOC(=O)c1ccc(NC(=O)/C(C#N)=C/c2cc(Br)c(OCc3ccc([N+](=O)[O-])cc3)c(I)c2)cc1. The highest BCUT2D eigenvalue weighted by atomic mass is 127. The van der Waals surface area contributed by atoms with Crippen molar-refractivity contribution in [3.8, 4) is 11.8 Å². The molecule has 0 aliphatic carbocycles. The van der Waals surface area contributed by atoms with E-state index < -0.39 is 16.8 Å². The Morgan fingerprint density at radius 1 is 1.16 bits per heavy atom. The minimum atomic E-state index is -0.601. The van der Waals surface area contributed by atoms with Crippen LogP contribution in [0.3, 0.4) is 0 Å². The van der Waals surface area contributed by atoms with Gasteiger partial charge in [-0.25, -0.2) is 4.79 Å². The molecule has 188 valence electrons. The number of nitro groups is 1. The van der Waals surface area contributed by atoms with Gasteiger partial charge < -0.3 is 14.8 Å². The number of nitrogens with zero attached hydrogens (tertiary/aromatic N) is 2. The quantitative estimate of drug-likeness (QED) is 0.0707. The average molecular weight is 676 g/mol. The van der Waals surface area contributed by atoms with Crippen molar-refractivity contribution in [3.63, 3.8) is 0 Å². The predicted octanol–water partition coefficient (Wildman–Crippen LogP) is 6.26. The van der Waals surface area contributed by atoms with Crippen LogP contribution in [0.15, 0.2) is 70.7 Å². The number of non-ortho nitro benzene ring substituents is 1. The Hall–Kier alpha value is -3.76. The largest absolute Gasteiger partial charge is 0.487 e. The fraction of sp³-hybridized carbons (Fsp3) is 0.115. The summed E-state index contributed by atoms with van der Waals surface area (Å²) in [5.74, 6) is -0.505. The molecule has 0 unspecified atom stereocenters. The van der Waals surface area contributed by atoms with Crippen molar-refractivity contribution in [2.45, 2.75) is 13.5 Å². The smallest absolute Gasteiger partial charge is 0.338 e. The number of benzene rings is 3. The number of hydrogen-bond acceptors (Lipinski definition) is 7. The first-order chi connectivity index (χ1) is 17.7. The summed E-state index contributed by atoms with van der Waals surface area (Å²) >= 11 is 5.55. The summed E-state index contributed by atoms with van der Waals surface area (Å²) < 4.78 is 12.2. The number of nitro benzene ring substituents is 1. The second kappa shape index (κ2) is 13.0. The highest BCUT2D eigenvalue weighted by Gasteiger charge is 2.14. The van der Waals surface area contributed by atoms with Gasteiger partial charge in [-0.1, -0.05) is 0 Å². The van der Waals surface area contributed by atoms with Crippen molar-refractivity contribution in [2.24, 2.45) is 0 Å². The zero-order valence-corrected chi connectivity index (χ0v) is 23.1. The van der Waals surface area contributed by atoms with E-state index >= 15 is 0 Å². The van der Waals surface area contributed by atoms with Crippen LogP contribution >= 0.6 is 38.5 Å². The molecule has 3 aromatic rings. The van der Waals surface area contributed by atoms with Crippen LogP contribution in [0.25, 0.3) is 6.08 Å². The highest BCUT2D eigenvalue weighted by Crippen LogP contribution is 2.33. The molecule has 0 heterocycles. The van der Waals surface area contributed by atoms with Crippen molar-refractivity contribution >= 4 is 67.8 Å². The number of amides is 1. The van der Waals surface area contributed by atoms with E-state index in [-0.39, 0.29) is 24.5 Å². The molecule has 3 aromatic carbocycles. The van der Waals surface area contributed by atoms with E-state index in [2.05, 4.69) is 43.8 Å². The van der Waals surface area contributed by atoms with Crippen molar-refractivity contribution in [2.75, 3.05) is 11.9 Å². The molecule has 1 amide bonds. The number of rotatable bonds is 9. The molecule has 0 saturated carbocycles. The maximum absolute atomic E-state index is 12.7. The van der Waals surface area contributed by atoms with E-state index in [1.807, 2.05) is 6.07 Å². The predicted molar refractivity (Wildman–Crippen MR) is 149 cm³/mol. The van der Waals surface area contributed by atoms with E-state index in [4.69, 9.17) is 9.47 Å². The van der Waals surface area contributed by atoms with Crippen LogP contribution in [-0.2, 0) is 16.1 Å². The van der Waals surface area contributed by atoms with E-state index in [1.54, 1.807) is 43.3 Å². The Labute approximate surface area is 234 Å². The molecule has 0 bridgehead atoms. The summed E-state index contributed by atoms with van der Waals surface area (Å²) in [7, 11) is 0. The molecule has 0 atom stereocenters. The van der Waals surface area contributed by atoms with Gasteiger partial charge in [0.2, 0.25) is 0 Å². The lowest BCUT2D eigenvalue weighted by Crippen LogP contribution is -2.13. The lowest BCUT2D eigenvalue weighted by Gasteiger charge is -2.12. The molecule has 0 spiro atoms. The Morgan fingerprint density at radius 2 is 1.84 bits per heavy atom. The molecule has 11 heteroatoms. The van der Waals surface area contributed by atoms with Crippen LogP contribution in [0.1, 0.15) is 28.4 Å². The van der Waals surface area contributed by atoms with Gasteiger partial charge in [0.05, 0.1) is 25.1 Å². The summed E-state index contributed by atoms with van der Waals surface area (Å²) in [5.41, 5.74) is 2.02. The molecule has 0 aliphatic rings. The summed E-state index contributed by atoms with van der Waals surface area (Å²) in [4.78, 5) is 34.8. The molecule has 37 heavy (non-hydrogen) atoms. The molecule has 0 saturated heterocycles. The van der Waals surface area contributed by atoms with Crippen LogP contribution in [0.2, 0.25) is 0 Å². The molecule has 0 aromatic heterocycles. The maximum atomic E-state index is 12.7. The van der Waals surface area contributed by atoms with E-state index in [9.17, 15) is 25.0 Å². The first kappa shape index (κ1) is 27.8. The van der Waals surface area contributed by atoms with Crippen LogP contribution in [0.4, 0.5) is 11.4 Å². The van der Waals surface area contributed by atoms with Gasteiger partial charge in [0, 0.05) is 17.8 Å². The molecule has 0 radical (unpaired) electrons. The number of carbonyl (C=O) groups is 2. The van der Waals surface area contributed by atoms with Crippen molar-refractivity contribution in [1.29, 1.82) is 5.26 Å². The zero-order valence-electron chi connectivity index (χ0n) is 19.4. The van der Waals surface area contributed by atoms with Crippen LogP contribution in [-0.4, -0.2) is 23.4 Å². The van der Waals surface area contributed by atoms with Gasteiger partial charge in [-0.15, -0.1) is 0 Å². The fourth-order valence-corrected chi connectivity index (χ4v) is 4.86. The Morgan fingerprint density at radius 3 is 2.41 bits per heavy atom. The molecular formula is C26H19BrIN3O6. The van der Waals surface area contributed by atoms with Crippen LogP contribution in [0, 0.1) is 25.0 Å². The number of nitrogens with one attached hydrogen (secondary N) is 1. The van der Waals surface area contributed by atoms with Crippen molar-refractivity contribution in [1.82, 2.24) is 0 Å². The molecule has 1 N–H and O–H groups in total. The Bertz CT molecular complexity index is 1380. The molecular weight excluding hydrogens is 657 g/mol. The van der Waals surface area contributed by atoms with Gasteiger partial charge in [0.1, 0.15) is 24.0 Å². The lowest BCUT2D eigenvalue weighted by molar-refractivity contribution is -0.384. The number of esters is 1. The van der Waals surface area contributed by atoms with Crippen molar-refractivity contribution in [3.05, 3.63) is 101 Å². The number of hydrogen-bond donors (Lipinski definition) is 1. The summed E-state index contributed by atoms with van der Waals surface area (Å²) in [6.45, 7) is 2.17. The summed E-state index contributed by atoms with van der Waals surface area (Å²) in [5, 5.41) is 23.0. The van der Waals surface area contributed by atoms with E-state index in [0.717, 1.165) is 9.13 Å². The summed E-state index contributed by atoms with van der Waals surface area (Å²) in [6, 6.07) is 17.6. The zero-order chi connectivity index (χ0) is 26.9. The second-order valence-corrected chi connectivity index (χ2v) is 9.46. The standard InChI is InChI=1S/C26H19BrIN3O6/c1-2-36-26(33)18-5-7-20(8-6-18)30-25(32)19(14-29)11-17-12-22(27)24(23(28)13-17)37-15-16-3-9-21(10-4-16)31(34)35/h3-13H,2,15H2,1H3,(H,30,32)/b19-11+. The Balaban J connectivity index is 1.70. The summed E-state index contributed by atoms with van der Waals surface area (Å²) in [6.07, 6.45) is 1.45. The highest BCUT2D eigenvalue weighted by molar-refractivity contribution is 14.1. The van der Waals surface area contributed by atoms with Gasteiger partial charge in [-0.05, 0) is 111 Å². The number of carbonyl (C=O) groups excluding carboxylic acids is 2. The average Bonchev–Trinajstić information content (AvgIpc) is 2.87. The fourth-order valence-electron chi connectivity index (χ4n) is 3.09. The van der Waals surface area contributed by atoms with Gasteiger partial charge in [-0.3, -0.25) is 14.9 Å². The number of anilines is 1. The first-order valence-corrected chi connectivity index (χ1v) is 12.6. The lowest BCUT2D eigenvalue weighted by atomic mass is 10.1. The first-order valence-electron chi connectivity index (χ1n) is 10.8. The number of halogens is 2. The van der Waals surface area contributed by atoms with Crippen LogP contribution in [0.5, 0.6) is 5.75 Å². The third-order valence-corrected chi connectivity index (χ3v) is 6.27. The van der Waals surface area contributed by atoms with Gasteiger partial charge in [0.25, 0.3) is 11.6 Å². The van der Waals surface area contributed by atoms with E-state index in [0.29, 0.717) is 27.0 Å². The van der Waals surface area contributed by atoms with Gasteiger partial charge in [-0.2, -0.15) is 5.26 Å². The maximum Gasteiger partial charge on any atom is 0.338 e. The minimum Gasteiger partial charge on any atom is -0.487 e. The third kappa shape index (κ3) is 7.61. The molecule has 0 fully saturated rings. The van der Waals surface area contributed by atoms with Gasteiger partial charge in [0.15, 0.2) is 0 Å². The van der Waals surface area contributed by atoms with E-state index in [1.165, 1.54) is 30.3 Å². The second-order valence-electron chi connectivity index (χ2n) is 7.45. The third-order valence-electron chi connectivity index (χ3n) is 4.88. The van der Waals surface area contributed by atoms with Gasteiger partial charge >= 0.3 is 5.97 Å². The normalized spacial score (nSPS) is 10.8. The van der Waals surface area contributed by atoms with Crippen molar-refractivity contribution < 1.29 is 24.0 Å². The molecule has 3 rings (SSSR count). The topological polar surface area (TPSA) is 132 Å². The molecule has 9 nitrogen and oxygen atoms in total. The monoisotopic (exact) mass is 675 g/mol.